The van der Waals surface area contributed by atoms with E-state index in [4.69, 9.17) is 23.2 Å². The van der Waals surface area contributed by atoms with Crippen LogP contribution < -0.4 is 5.32 Å². The fraction of sp³-hybridized carbons (Fsp3) is 0.308. The summed E-state index contributed by atoms with van der Waals surface area (Å²) >= 11 is 12.2. The average Bonchev–Trinajstić information content (AvgIpc) is 2.77. The van der Waals surface area contributed by atoms with Crippen LogP contribution in [0.15, 0.2) is 30.6 Å². The van der Waals surface area contributed by atoms with E-state index in [0.717, 1.165) is 22.8 Å². The predicted molar refractivity (Wildman–Crippen MR) is 75.2 cm³/mol. The van der Waals surface area contributed by atoms with E-state index in [9.17, 15) is 0 Å². The highest BCUT2D eigenvalue weighted by molar-refractivity contribution is 6.33. The molecule has 1 unspecified atom stereocenters. The second-order valence-electron chi connectivity index (χ2n) is 4.18. The molecule has 0 aliphatic carbocycles. The number of hydrogen-bond acceptors (Lipinski definition) is 2. The lowest BCUT2D eigenvalue weighted by molar-refractivity contribution is 0.538. The van der Waals surface area contributed by atoms with Crippen LogP contribution in [0.5, 0.6) is 0 Å². The summed E-state index contributed by atoms with van der Waals surface area (Å²) in [5.41, 5.74) is 1.02. The normalized spacial score (nSPS) is 12.7. The van der Waals surface area contributed by atoms with Crippen molar-refractivity contribution in [1.82, 2.24) is 14.9 Å². The van der Waals surface area contributed by atoms with Crippen molar-refractivity contribution in [3.63, 3.8) is 0 Å². The number of halogens is 2. The summed E-state index contributed by atoms with van der Waals surface area (Å²) in [7, 11) is 3.89. The topological polar surface area (TPSA) is 29.9 Å². The van der Waals surface area contributed by atoms with Gasteiger partial charge in [0.05, 0.1) is 6.04 Å². The summed E-state index contributed by atoms with van der Waals surface area (Å²) in [6.07, 6.45) is 4.47. The monoisotopic (exact) mass is 283 g/mol. The fourth-order valence-corrected chi connectivity index (χ4v) is 2.34. The molecule has 0 saturated heterocycles. The lowest BCUT2D eigenvalue weighted by Gasteiger charge is -2.17. The van der Waals surface area contributed by atoms with E-state index in [2.05, 4.69) is 10.3 Å². The van der Waals surface area contributed by atoms with Crippen LogP contribution in [0.2, 0.25) is 10.0 Å². The smallest absolute Gasteiger partial charge is 0.125 e. The molecule has 2 rings (SSSR count). The first-order valence-corrected chi connectivity index (χ1v) is 6.46. The Morgan fingerprint density at radius 3 is 2.78 bits per heavy atom. The summed E-state index contributed by atoms with van der Waals surface area (Å²) in [4.78, 5) is 4.36. The molecule has 0 bridgehead atoms. The number of rotatable bonds is 4. The largest absolute Gasteiger partial charge is 0.337 e. The summed E-state index contributed by atoms with van der Waals surface area (Å²) in [6.45, 7) is 0. The Hall–Kier alpha value is -1.03. The standard InChI is InChI=1S/C13H15Cl2N3/c1-16-12(13-17-5-6-18(13)2)8-9-7-10(14)3-4-11(9)15/h3-7,12,16H,8H2,1-2H3. The Balaban J connectivity index is 2.26. The first kappa shape index (κ1) is 13.4. The molecule has 1 atom stereocenters. The van der Waals surface area contributed by atoms with Gasteiger partial charge in [-0.25, -0.2) is 4.98 Å². The van der Waals surface area contributed by atoms with E-state index in [1.807, 2.05) is 37.0 Å². The zero-order chi connectivity index (χ0) is 13.1. The van der Waals surface area contributed by atoms with Gasteiger partial charge < -0.3 is 9.88 Å². The molecule has 0 aliphatic heterocycles. The molecule has 1 heterocycles. The molecule has 5 heteroatoms. The second-order valence-corrected chi connectivity index (χ2v) is 5.02. The molecule has 1 N–H and O–H groups in total. The van der Waals surface area contributed by atoms with Crippen molar-refractivity contribution in [3.8, 4) is 0 Å². The average molecular weight is 284 g/mol. The van der Waals surface area contributed by atoms with Crippen LogP contribution in [0.3, 0.4) is 0 Å². The van der Waals surface area contributed by atoms with Crippen LogP contribution in [-0.2, 0) is 13.5 Å². The van der Waals surface area contributed by atoms with Crippen LogP contribution in [0, 0.1) is 0 Å². The fourth-order valence-electron chi connectivity index (χ4n) is 1.96. The molecule has 3 nitrogen and oxygen atoms in total. The third-order valence-corrected chi connectivity index (χ3v) is 3.55. The third kappa shape index (κ3) is 2.86. The van der Waals surface area contributed by atoms with Gasteiger partial charge in [-0.1, -0.05) is 23.2 Å². The van der Waals surface area contributed by atoms with Crippen molar-refractivity contribution in [1.29, 1.82) is 0 Å². The molecule has 18 heavy (non-hydrogen) atoms. The molecular weight excluding hydrogens is 269 g/mol. The first-order valence-electron chi connectivity index (χ1n) is 5.70. The van der Waals surface area contributed by atoms with Gasteiger partial charge in [0.25, 0.3) is 0 Å². The van der Waals surface area contributed by atoms with Gasteiger partial charge in [0.1, 0.15) is 5.82 Å². The maximum Gasteiger partial charge on any atom is 0.125 e. The van der Waals surface area contributed by atoms with Crippen LogP contribution >= 0.6 is 23.2 Å². The minimum absolute atomic E-state index is 0.112. The van der Waals surface area contributed by atoms with E-state index >= 15 is 0 Å². The second kappa shape index (κ2) is 5.74. The van der Waals surface area contributed by atoms with Gasteiger partial charge in [-0.3, -0.25) is 0 Å². The van der Waals surface area contributed by atoms with Gasteiger partial charge in [0.2, 0.25) is 0 Å². The Morgan fingerprint density at radius 2 is 2.17 bits per heavy atom. The minimum Gasteiger partial charge on any atom is -0.337 e. The Bertz CT molecular complexity index is 537. The Morgan fingerprint density at radius 1 is 1.39 bits per heavy atom. The lowest BCUT2D eigenvalue weighted by Crippen LogP contribution is -2.22. The van der Waals surface area contributed by atoms with Gasteiger partial charge in [-0.2, -0.15) is 0 Å². The van der Waals surface area contributed by atoms with Crippen molar-refractivity contribution in [2.24, 2.45) is 7.05 Å². The molecule has 0 saturated carbocycles. The third-order valence-electron chi connectivity index (χ3n) is 2.95. The zero-order valence-corrected chi connectivity index (χ0v) is 11.8. The van der Waals surface area contributed by atoms with Gasteiger partial charge >= 0.3 is 0 Å². The van der Waals surface area contributed by atoms with Crippen LogP contribution in [0.25, 0.3) is 0 Å². The first-order chi connectivity index (χ1) is 8.61. The van der Waals surface area contributed by atoms with Crippen LogP contribution in [-0.4, -0.2) is 16.6 Å². The predicted octanol–water partition coefficient (Wildman–Crippen LogP) is 3.23. The number of aromatic nitrogens is 2. The zero-order valence-electron chi connectivity index (χ0n) is 10.3. The lowest BCUT2D eigenvalue weighted by atomic mass is 10.1. The maximum atomic E-state index is 6.18. The van der Waals surface area contributed by atoms with Crippen molar-refractivity contribution in [2.45, 2.75) is 12.5 Å². The number of nitrogens with zero attached hydrogens (tertiary/aromatic N) is 2. The molecular formula is C13H15Cl2N3. The molecule has 96 valence electrons. The summed E-state index contributed by atoms with van der Waals surface area (Å²) in [5.74, 6) is 0.980. The number of imidazole rings is 1. The minimum atomic E-state index is 0.112. The van der Waals surface area contributed by atoms with Crippen LogP contribution in [0.4, 0.5) is 0 Å². The van der Waals surface area contributed by atoms with Gasteiger partial charge in [-0.15, -0.1) is 0 Å². The van der Waals surface area contributed by atoms with Crippen molar-refractivity contribution < 1.29 is 0 Å². The summed E-state index contributed by atoms with van der Waals surface area (Å²) < 4.78 is 2.00. The maximum absolute atomic E-state index is 6.18. The van der Waals surface area contributed by atoms with E-state index < -0.39 is 0 Å². The Labute approximate surface area is 117 Å². The van der Waals surface area contributed by atoms with Gasteiger partial charge in [-0.05, 0) is 37.2 Å². The van der Waals surface area contributed by atoms with Crippen molar-refractivity contribution in [2.75, 3.05) is 7.05 Å². The molecule has 0 aliphatic rings. The highest BCUT2D eigenvalue weighted by Gasteiger charge is 2.16. The summed E-state index contributed by atoms with van der Waals surface area (Å²) in [6, 6.07) is 5.63. The number of benzene rings is 1. The quantitative estimate of drug-likeness (QED) is 0.934. The molecule has 0 radical (unpaired) electrons. The Kier molecular flexibility index (Phi) is 4.27. The SMILES string of the molecule is CNC(Cc1cc(Cl)ccc1Cl)c1nccn1C. The van der Waals surface area contributed by atoms with E-state index in [1.54, 1.807) is 12.3 Å². The highest BCUT2D eigenvalue weighted by atomic mass is 35.5. The van der Waals surface area contributed by atoms with E-state index in [0.29, 0.717) is 5.02 Å². The van der Waals surface area contributed by atoms with Crippen LogP contribution in [0.1, 0.15) is 17.4 Å². The molecule has 0 amide bonds. The molecule has 1 aromatic heterocycles. The van der Waals surface area contributed by atoms with Crippen molar-refractivity contribution in [3.05, 3.63) is 52.0 Å². The van der Waals surface area contributed by atoms with Gasteiger partial charge in [0, 0.05) is 29.5 Å². The number of likely N-dealkylation sites (N-methyl/N-ethyl adjacent to an activating group) is 1. The number of aryl methyl sites for hydroxylation is 1. The van der Waals surface area contributed by atoms with Gasteiger partial charge in [0.15, 0.2) is 0 Å². The number of nitrogens with one attached hydrogen (secondary N) is 1. The molecule has 0 fully saturated rings. The van der Waals surface area contributed by atoms with Crippen molar-refractivity contribution >= 4 is 23.2 Å². The van der Waals surface area contributed by atoms with E-state index in [1.165, 1.54) is 0 Å². The summed E-state index contributed by atoms with van der Waals surface area (Å²) in [5, 5.41) is 4.68. The number of hydrogen-bond donors (Lipinski definition) is 1. The van der Waals surface area contributed by atoms with E-state index in [-0.39, 0.29) is 6.04 Å². The molecule has 0 spiro atoms. The molecule has 1 aromatic carbocycles. The molecule has 2 aromatic rings. The highest BCUT2D eigenvalue weighted by Crippen LogP contribution is 2.25.